The van der Waals surface area contributed by atoms with E-state index in [1.165, 1.54) is 32.1 Å². The lowest BCUT2D eigenvalue weighted by molar-refractivity contribution is -0.138. The van der Waals surface area contributed by atoms with Crippen molar-refractivity contribution in [2.24, 2.45) is 5.41 Å². The van der Waals surface area contributed by atoms with Gasteiger partial charge in [-0.15, -0.1) is 0 Å². The van der Waals surface area contributed by atoms with Crippen LogP contribution in [-0.2, 0) is 4.79 Å². The van der Waals surface area contributed by atoms with Gasteiger partial charge in [-0.2, -0.15) is 0 Å². The van der Waals surface area contributed by atoms with E-state index in [0.717, 1.165) is 38.8 Å². The largest absolute Gasteiger partial charge is 0.396 e. The number of nitrogens with zero attached hydrogens (tertiary/aromatic N) is 1. The van der Waals surface area contributed by atoms with Crippen molar-refractivity contribution in [3.63, 3.8) is 0 Å². The fourth-order valence-electron chi connectivity index (χ4n) is 3.86. The summed E-state index contributed by atoms with van der Waals surface area (Å²) < 4.78 is 0. The highest BCUT2D eigenvalue weighted by molar-refractivity contribution is 5.82. The lowest BCUT2D eigenvalue weighted by Crippen LogP contribution is -2.54. The molecule has 2 aliphatic carbocycles. The van der Waals surface area contributed by atoms with E-state index in [2.05, 4.69) is 5.32 Å². The predicted molar refractivity (Wildman–Crippen MR) is 78.4 cm³/mol. The van der Waals surface area contributed by atoms with Gasteiger partial charge in [0.05, 0.1) is 12.6 Å². The van der Waals surface area contributed by atoms with Crippen molar-refractivity contribution in [1.82, 2.24) is 10.2 Å². The summed E-state index contributed by atoms with van der Waals surface area (Å²) in [7, 11) is 0. The molecular formula is C16H28N2O2. The lowest BCUT2D eigenvalue weighted by Gasteiger charge is -2.42. The monoisotopic (exact) mass is 280 g/mol. The molecule has 4 nitrogen and oxygen atoms in total. The summed E-state index contributed by atoms with van der Waals surface area (Å²) in [6.07, 6.45) is 10.4. The van der Waals surface area contributed by atoms with Crippen LogP contribution in [0.1, 0.15) is 57.8 Å². The van der Waals surface area contributed by atoms with Crippen LogP contribution in [0.3, 0.4) is 0 Å². The number of hydrogen-bond acceptors (Lipinski definition) is 3. The Kier molecular flexibility index (Phi) is 4.32. The summed E-state index contributed by atoms with van der Waals surface area (Å²) in [6.45, 7) is 1.88. The number of carbonyl (C=O) groups is 1. The third-order valence-corrected chi connectivity index (χ3v) is 5.32. The zero-order valence-electron chi connectivity index (χ0n) is 12.4. The molecule has 3 aliphatic rings. The van der Waals surface area contributed by atoms with Crippen molar-refractivity contribution >= 4 is 5.91 Å². The zero-order chi connectivity index (χ0) is 14.0. The van der Waals surface area contributed by atoms with Gasteiger partial charge in [0, 0.05) is 24.5 Å². The van der Waals surface area contributed by atoms with Crippen LogP contribution in [0.5, 0.6) is 0 Å². The second-order valence-electron chi connectivity index (χ2n) is 7.11. The Hall–Kier alpha value is -0.610. The minimum atomic E-state index is -0.0185. The lowest BCUT2D eigenvalue weighted by atomic mass is 9.74. The van der Waals surface area contributed by atoms with Crippen LogP contribution in [-0.4, -0.2) is 47.7 Å². The fraction of sp³-hybridized carbons (Fsp3) is 0.938. The quantitative estimate of drug-likeness (QED) is 0.805. The van der Waals surface area contributed by atoms with Crippen LogP contribution in [0, 0.1) is 5.41 Å². The van der Waals surface area contributed by atoms with Crippen molar-refractivity contribution in [3.05, 3.63) is 0 Å². The molecule has 1 aliphatic heterocycles. The average molecular weight is 280 g/mol. The first-order chi connectivity index (χ1) is 9.72. The van der Waals surface area contributed by atoms with Crippen LogP contribution in [0.15, 0.2) is 0 Å². The minimum absolute atomic E-state index is 0.0185. The zero-order valence-corrected chi connectivity index (χ0v) is 12.4. The Bertz CT molecular complexity index is 348. The third-order valence-electron chi connectivity index (χ3n) is 5.32. The second-order valence-corrected chi connectivity index (χ2v) is 7.11. The van der Waals surface area contributed by atoms with Gasteiger partial charge < -0.3 is 15.3 Å². The predicted octanol–water partition coefficient (Wildman–Crippen LogP) is 1.67. The molecule has 3 fully saturated rings. The van der Waals surface area contributed by atoms with Crippen LogP contribution in [0.25, 0.3) is 0 Å². The Morgan fingerprint density at radius 1 is 1.15 bits per heavy atom. The van der Waals surface area contributed by atoms with Gasteiger partial charge in [0.25, 0.3) is 0 Å². The highest BCUT2D eigenvalue weighted by Crippen LogP contribution is 2.37. The molecule has 0 aromatic heterocycles. The summed E-state index contributed by atoms with van der Waals surface area (Å²) in [5, 5.41) is 13.3. The maximum Gasteiger partial charge on any atom is 0.239 e. The Balaban J connectivity index is 1.61. The molecule has 0 bridgehead atoms. The first kappa shape index (κ1) is 14.3. The third kappa shape index (κ3) is 3.17. The van der Waals surface area contributed by atoms with Gasteiger partial charge in [-0.3, -0.25) is 4.79 Å². The number of likely N-dealkylation sites (tertiary alicyclic amines) is 1. The van der Waals surface area contributed by atoms with E-state index in [-0.39, 0.29) is 24.0 Å². The van der Waals surface area contributed by atoms with Crippen molar-refractivity contribution < 1.29 is 9.90 Å². The molecule has 20 heavy (non-hydrogen) atoms. The van der Waals surface area contributed by atoms with E-state index in [0.29, 0.717) is 6.04 Å². The van der Waals surface area contributed by atoms with Gasteiger partial charge >= 0.3 is 0 Å². The van der Waals surface area contributed by atoms with Gasteiger partial charge in [0.15, 0.2) is 0 Å². The van der Waals surface area contributed by atoms with E-state index in [9.17, 15) is 9.90 Å². The molecular weight excluding hydrogens is 252 g/mol. The fourth-order valence-corrected chi connectivity index (χ4v) is 3.86. The van der Waals surface area contributed by atoms with Crippen molar-refractivity contribution in [2.45, 2.75) is 69.9 Å². The normalized spacial score (nSPS) is 30.6. The molecule has 0 aromatic carbocycles. The SMILES string of the molecule is O=C1C(NC2CC2)CCCN1CC1(CO)CCCCC1. The highest BCUT2D eigenvalue weighted by atomic mass is 16.3. The molecule has 1 saturated heterocycles. The van der Waals surface area contributed by atoms with Crippen molar-refractivity contribution in [3.8, 4) is 0 Å². The number of rotatable bonds is 5. The van der Waals surface area contributed by atoms with E-state index in [1.807, 2.05) is 4.90 Å². The van der Waals surface area contributed by atoms with E-state index < -0.39 is 0 Å². The molecule has 1 amide bonds. The number of aliphatic hydroxyl groups is 1. The van der Waals surface area contributed by atoms with Crippen LogP contribution in [0.2, 0.25) is 0 Å². The number of carbonyl (C=O) groups excluding carboxylic acids is 1. The summed E-state index contributed by atoms with van der Waals surface area (Å²) in [5.74, 6) is 0.279. The molecule has 3 rings (SSSR count). The number of hydrogen-bond donors (Lipinski definition) is 2. The molecule has 1 atom stereocenters. The highest BCUT2D eigenvalue weighted by Gasteiger charge is 2.39. The Morgan fingerprint density at radius 2 is 1.90 bits per heavy atom. The van der Waals surface area contributed by atoms with Gasteiger partial charge in [-0.25, -0.2) is 0 Å². The summed E-state index contributed by atoms with van der Waals surface area (Å²) in [6, 6.07) is 0.626. The Morgan fingerprint density at radius 3 is 2.55 bits per heavy atom. The molecule has 1 unspecified atom stereocenters. The van der Waals surface area contributed by atoms with E-state index in [1.54, 1.807) is 0 Å². The number of amides is 1. The molecule has 0 aromatic rings. The average Bonchev–Trinajstić information content (AvgIpc) is 3.28. The molecule has 2 saturated carbocycles. The maximum atomic E-state index is 12.6. The first-order valence-electron chi connectivity index (χ1n) is 8.38. The number of aliphatic hydroxyl groups excluding tert-OH is 1. The summed E-state index contributed by atoms with van der Waals surface area (Å²) in [5.41, 5.74) is -0.0185. The minimum Gasteiger partial charge on any atom is -0.396 e. The van der Waals surface area contributed by atoms with Gasteiger partial charge in [-0.1, -0.05) is 19.3 Å². The molecule has 0 spiro atoms. The second kappa shape index (κ2) is 6.02. The first-order valence-corrected chi connectivity index (χ1v) is 8.38. The molecule has 4 heteroatoms. The van der Waals surface area contributed by atoms with Crippen LogP contribution in [0.4, 0.5) is 0 Å². The smallest absolute Gasteiger partial charge is 0.239 e. The van der Waals surface area contributed by atoms with E-state index in [4.69, 9.17) is 0 Å². The Labute approximate surface area is 121 Å². The van der Waals surface area contributed by atoms with Gasteiger partial charge in [0.1, 0.15) is 0 Å². The van der Waals surface area contributed by atoms with Crippen LogP contribution >= 0.6 is 0 Å². The molecule has 2 N–H and O–H groups in total. The van der Waals surface area contributed by atoms with Crippen molar-refractivity contribution in [2.75, 3.05) is 19.7 Å². The van der Waals surface area contributed by atoms with Gasteiger partial charge in [-0.05, 0) is 38.5 Å². The van der Waals surface area contributed by atoms with E-state index >= 15 is 0 Å². The van der Waals surface area contributed by atoms with Gasteiger partial charge in [0.2, 0.25) is 5.91 Å². The standard InChI is InChI=1S/C16H28N2O2/c19-12-16(8-2-1-3-9-16)11-18-10-4-5-14(15(18)20)17-13-6-7-13/h13-14,17,19H,1-12H2. The summed E-state index contributed by atoms with van der Waals surface area (Å²) >= 11 is 0. The topological polar surface area (TPSA) is 52.6 Å². The molecule has 1 heterocycles. The number of piperidine rings is 1. The summed E-state index contributed by atoms with van der Waals surface area (Å²) in [4.78, 5) is 14.6. The molecule has 0 radical (unpaired) electrons. The van der Waals surface area contributed by atoms with Crippen molar-refractivity contribution in [1.29, 1.82) is 0 Å². The number of nitrogens with one attached hydrogen (secondary N) is 1. The maximum absolute atomic E-state index is 12.6. The molecule has 114 valence electrons. The van der Waals surface area contributed by atoms with Crippen LogP contribution < -0.4 is 5.32 Å².